The van der Waals surface area contributed by atoms with Crippen LogP contribution in [0.1, 0.15) is 63.5 Å². The second-order valence-corrected chi connectivity index (χ2v) is 6.97. The first kappa shape index (κ1) is 16.1. The number of hydrogen-bond donors (Lipinski definition) is 1. The second-order valence-electron chi connectivity index (χ2n) is 6.97. The average molecular weight is 287 g/mol. The highest BCUT2D eigenvalue weighted by Crippen LogP contribution is 2.36. The molecule has 1 heterocycles. The molecule has 1 N–H and O–H groups in total. The molecule has 2 rings (SSSR count). The Morgan fingerprint density at radius 1 is 1.14 bits per heavy atom. The minimum absolute atomic E-state index is 0.0985. The molecule has 0 spiro atoms. The Morgan fingerprint density at radius 3 is 2.43 bits per heavy atom. The van der Waals surface area contributed by atoms with Crippen molar-refractivity contribution in [1.29, 1.82) is 0 Å². The first-order valence-electron chi connectivity index (χ1n) is 8.14. The van der Waals surface area contributed by atoms with E-state index in [-0.39, 0.29) is 5.41 Å². The molecule has 0 radical (unpaired) electrons. The molecule has 0 atom stereocenters. The van der Waals surface area contributed by atoms with E-state index in [1.54, 1.807) is 0 Å². The fourth-order valence-electron chi connectivity index (χ4n) is 2.91. The zero-order valence-electron chi connectivity index (χ0n) is 14.4. The molecule has 0 aliphatic rings. The lowest BCUT2D eigenvalue weighted by Crippen LogP contribution is -2.14. The van der Waals surface area contributed by atoms with Crippen molar-refractivity contribution >= 4 is 11.0 Å². The van der Waals surface area contributed by atoms with Crippen LogP contribution in [0.2, 0.25) is 0 Å². The molecule has 116 valence electrons. The van der Waals surface area contributed by atoms with Crippen LogP contribution in [0.3, 0.4) is 0 Å². The van der Waals surface area contributed by atoms with Crippen LogP contribution in [0.4, 0.5) is 0 Å². The molecule has 0 amide bonds. The van der Waals surface area contributed by atoms with Crippen LogP contribution >= 0.6 is 0 Å². The zero-order valence-corrected chi connectivity index (χ0v) is 14.4. The molecule has 0 saturated heterocycles. The molecular weight excluding hydrogens is 258 g/mol. The van der Waals surface area contributed by atoms with Gasteiger partial charge in [0, 0.05) is 16.5 Å². The Kier molecular flexibility index (Phi) is 4.77. The molecule has 0 saturated carbocycles. The maximum Gasteiger partial charge on any atom is 0.138 e. The minimum Gasteiger partial charge on any atom is -0.459 e. The lowest BCUT2D eigenvalue weighted by Gasteiger charge is -2.19. The van der Waals surface area contributed by atoms with Gasteiger partial charge in [-0.3, -0.25) is 0 Å². The summed E-state index contributed by atoms with van der Waals surface area (Å²) in [6.45, 7) is 15.2. The van der Waals surface area contributed by atoms with E-state index in [0.717, 1.165) is 37.3 Å². The van der Waals surface area contributed by atoms with Crippen LogP contribution in [0.25, 0.3) is 11.0 Å². The van der Waals surface area contributed by atoms with Crippen molar-refractivity contribution in [2.24, 2.45) is 0 Å². The third-order valence-corrected chi connectivity index (χ3v) is 3.99. The van der Waals surface area contributed by atoms with Crippen LogP contribution in [0.5, 0.6) is 0 Å². The van der Waals surface area contributed by atoms with Gasteiger partial charge in [0.25, 0.3) is 0 Å². The quantitative estimate of drug-likeness (QED) is 0.774. The number of nitrogens with one attached hydrogen (secondary N) is 1. The SMILES string of the molecule is CCCNCc1oc2c(C(C)(C)C)cc(C)cc2c1CC. The fourth-order valence-corrected chi connectivity index (χ4v) is 2.91. The summed E-state index contributed by atoms with van der Waals surface area (Å²) in [7, 11) is 0. The standard InChI is InChI=1S/C19H29NO/c1-7-9-20-12-17-14(8-2)15-10-13(3)11-16(18(15)21-17)19(4,5)6/h10-11,20H,7-9,12H2,1-6H3. The van der Waals surface area contributed by atoms with Gasteiger partial charge in [-0.25, -0.2) is 0 Å². The van der Waals surface area contributed by atoms with Crippen molar-refractivity contribution in [1.82, 2.24) is 5.32 Å². The van der Waals surface area contributed by atoms with Crippen LogP contribution < -0.4 is 5.32 Å². The highest BCUT2D eigenvalue weighted by Gasteiger charge is 2.23. The van der Waals surface area contributed by atoms with Gasteiger partial charge >= 0.3 is 0 Å². The number of hydrogen-bond acceptors (Lipinski definition) is 2. The van der Waals surface area contributed by atoms with Gasteiger partial charge in [0.2, 0.25) is 0 Å². The molecule has 2 aromatic rings. The largest absolute Gasteiger partial charge is 0.459 e. The molecule has 2 heteroatoms. The first-order chi connectivity index (χ1) is 9.88. The van der Waals surface area contributed by atoms with Crippen LogP contribution in [0, 0.1) is 6.92 Å². The van der Waals surface area contributed by atoms with E-state index in [4.69, 9.17) is 4.42 Å². The van der Waals surface area contributed by atoms with E-state index < -0.39 is 0 Å². The van der Waals surface area contributed by atoms with Crippen LogP contribution in [-0.2, 0) is 18.4 Å². The number of rotatable bonds is 5. The Labute approximate surface area is 128 Å². The predicted molar refractivity (Wildman–Crippen MR) is 91.0 cm³/mol. The molecule has 21 heavy (non-hydrogen) atoms. The third-order valence-electron chi connectivity index (χ3n) is 3.99. The minimum atomic E-state index is 0.0985. The van der Waals surface area contributed by atoms with Gasteiger partial charge in [-0.2, -0.15) is 0 Å². The Balaban J connectivity index is 2.58. The van der Waals surface area contributed by atoms with Crippen molar-refractivity contribution in [2.75, 3.05) is 6.54 Å². The lowest BCUT2D eigenvalue weighted by molar-refractivity contribution is 0.495. The van der Waals surface area contributed by atoms with E-state index in [2.05, 4.69) is 59.0 Å². The average Bonchev–Trinajstić information content (AvgIpc) is 2.74. The van der Waals surface area contributed by atoms with Crippen molar-refractivity contribution in [2.45, 2.75) is 66.3 Å². The monoisotopic (exact) mass is 287 g/mol. The van der Waals surface area contributed by atoms with E-state index in [9.17, 15) is 0 Å². The van der Waals surface area contributed by atoms with Crippen molar-refractivity contribution in [3.8, 4) is 0 Å². The Bertz CT molecular complexity index is 617. The van der Waals surface area contributed by atoms with E-state index in [1.165, 1.54) is 22.1 Å². The van der Waals surface area contributed by atoms with Gasteiger partial charge in [0.05, 0.1) is 6.54 Å². The number of benzene rings is 1. The summed E-state index contributed by atoms with van der Waals surface area (Å²) in [5.41, 5.74) is 5.17. The molecular formula is C19H29NO. The Morgan fingerprint density at radius 2 is 1.86 bits per heavy atom. The van der Waals surface area contributed by atoms with Gasteiger partial charge in [0.1, 0.15) is 11.3 Å². The van der Waals surface area contributed by atoms with Crippen molar-refractivity contribution in [3.63, 3.8) is 0 Å². The zero-order chi connectivity index (χ0) is 15.6. The molecule has 0 aliphatic carbocycles. The lowest BCUT2D eigenvalue weighted by atomic mass is 9.84. The predicted octanol–water partition coefficient (Wildman–Crippen LogP) is 5.10. The van der Waals surface area contributed by atoms with Crippen molar-refractivity contribution in [3.05, 3.63) is 34.6 Å². The molecule has 0 fully saturated rings. The summed E-state index contributed by atoms with van der Waals surface area (Å²) >= 11 is 0. The van der Waals surface area contributed by atoms with Gasteiger partial charge in [-0.1, -0.05) is 40.7 Å². The maximum atomic E-state index is 6.29. The summed E-state index contributed by atoms with van der Waals surface area (Å²) < 4.78 is 6.29. The van der Waals surface area contributed by atoms with Gasteiger partial charge in [0.15, 0.2) is 0 Å². The maximum absolute atomic E-state index is 6.29. The summed E-state index contributed by atoms with van der Waals surface area (Å²) in [6, 6.07) is 4.55. The number of aryl methyl sites for hydroxylation is 2. The highest BCUT2D eigenvalue weighted by atomic mass is 16.3. The van der Waals surface area contributed by atoms with E-state index in [1.807, 2.05) is 0 Å². The second kappa shape index (κ2) is 6.23. The third kappa shape index (κ3) is 3.32. The molecule has 1 aromatic heterocycles. The summed E-state index contributed by atoms with van der Waals surface area (Å²) in [5.74, 6) is 1.11. The normalized spacial score (nSPS) is 12.3. The van der Waals surface area contributed by atoms with Crippen LogP contribution in [-0.4, -0.2) is 6.54 Å². The molecule has 1 aromatic carbocycles. The topological polar surface area (TPSA) is 25.2 Å². The summed E-state index contributed by atoms with van der Waals surface area (Å²) in [4.78, 5) is 0. The van der Waals surface area contributed by atoms with Gasteiger partial charge < -0.3 is 9.73 Å². The highest BCUT2D eigenvalue weighted by molar-refractivity contribution is 5.86. The summed E-state index contributed by atoms with van der Waals surface area (Å²) in [5, 5.41) is 4.77. The van der Waals surface area contributed by atoms with E-state index in [0.29, 0.717) is 0 Å². The van der Waals surface area contributed by atoms with Crippen molar-refractivity contribution < 1.29 is 4.42 Å². The molecule has 0 aliphatic heterocycles. The van der Waals surface area contributed by atoms with Crippen LogP contribution in [0.15, 0.2) is 16.5 Å². The molecule has 2 nitrogen and oxygen atoms in total. The molecule has 0 unspecified atom stereocenters. The van der Waals surface area contributed by atoms with Gasteiger partial charge in [-0.05, 0) is 43.4 Å². The van der Waals surface area contributed by atoms with E-state index >= 15 is 0 Å². The fraction of sp³-hybridized carbons (Fsp3) is 0.579. The first-order valence-corrected chi connectivity index (χ1v) is 8.14. The number of furan rings is 1. The Hall–Kier alpha value is -1.28. The number of fused-ring (bicyclic) bond motifs is 1. The summed E-state index contributed by atoms with van der Waals surface area (Å²) in [6.07, 6.45) is 2.16. The smallest absolute Gasteiger partial charge is 0.138 e. The molecule has 0 bridgehead atoms. The van der Waals surface area contributed by atoms with Gasteiger partial charge in [-0.15, -0.1) is 0 Å².